The zero-order valence-electron chi connectivity index (χ0n) is 10.4. The molecule has 0 aliphatic carbocycles. The molecule has 0 bridgehead atoms. The van der Waals surface area contributed by atoms with E-state index in [0.717, 1.165) is 23.5 Å². The summed E-state index contributed by atoms with van der Waals surface area (Å²) in [4.78, 5) is 16.5. The number of benzene rings is 1. The molecule has 1 fully saturated rings. The van der Waals surface area contributed by atoms with Crippen molar-refractivity contribution in [2.75, 3.05) is 11.4 Å². The molecule has 1 heterocycles. The lowest BCUT2D eigenvalue weighted by Crippen LogP contribution is -2.24. The molecule has 0 unspecified atom stereocenters. The summed E-state index contributed by atoms with van der Waals surface area (Å²) < 4.78 is 0. The predicted octanol–water partition coefficient (Wildman–Crippen LogP) is 3.06. The average Bonchev–Trinajstić information content (AvgIpc) is 2.69. The molecule has 0 atom stereocenters. The predicted molar refractivity (Wildman–Crippen MR) is 76.7 cm³/mol. The van der Waals surface area contributed by atoms with E-state index in [4.69, 9.17) is 12.2 Å². The highest BCUT2D eigenvalue weighted by Crippen LogP contribution is 2.31. The number of thiocarbonyl (C=S) groups is 1. The van der Waals surface area contributed by atoms with E-state index in [-0.39, 0.29) is 0 Å². The standard InChI is InChI=1S/C14H14N2OS/c1-10-4-3-5-11(2)13(10)16-7-6-12(14(16)18)8-15-9-17/h3-5,8H,6-7H2,1-2H3. The molecule has 0 spiro atoms. The van der Waals surface area contributed by atoms with Gasteiger partial charge in [-0.15, -0.1) is 0 Å². The van der Waals surface area contributed by atoms with Crippen LogP contribution in [0.15, 0.2) is 35.0 Å². The topological polar surface area (TPSA) is 32.7 Å². The minimum Gasteiger partial charge on any atom is -0.332 e. The Balaban J connectivity index is 2.37. The average molecular weight is 258 g/mol. The highest BCUT2D eigenvalue weighted by atomic mass is 32.1. The van der Waals surface area contributed by atoms with Gasteiger partial charge in [-0.05, 0) is 31.4 Å². The van der Waals surface area contributed by atoms with Crippen LogP contribution in [0.4, 0.5) is 5.69 Å². The molecule has 1 aromatic rings. The molecular weight excluding hydrogens is 244 g/mol. The zero-order valence-corrected chi connectivity index (χ0v) is 11.3. The van der Waals surface area contributed by atoms with Crippen LogP contribution in [0.25, 0.3) is 0 Å². The fourth-order valence-corrected chi connectivity index (χ4v) is 2.62. The smallest absolute Gasteiger partial charge is 0.239 e. The van der Waals surface area contributed by atoms with Gasteiger partial charge in [0.1, 0.15) is 4.99 Å². The molecule has 1 aliphatic rings. The first-order chi connectivity index (χ1) is 8.65. The van der Waals surface area contributed by atoms with Crippen LogP contribution in [0, 0.1) is 13.8 Å². The van der Waals surface area contributed by atoms with E-state index in [1.54, 1.807) is 0 Å². The molecule has 2 rings (SSSR count). The summed E-state index contributed by atoms with van der Waals surface area (Å²) in [6.07, 6.45) is 3.85. The number of carbonyl (C=O) groups excluding carboxylic acids is 1. The van der Waals surface area contributed by atoms with Crippen molar-refractivity contribution in [1.82, 2.24) is 0 Å². The zero-order chi connectivity index (χ0) is 13.1. The Kier molecular flexibility index (Phi) is 3.70. The number of aryl methyl sites for hydroxylation is 2. The Labute approximate surface area is 112 Å². The van der Waals surface area contributed by atoms with Gasteiger partial charge in [-0.2, -0.15) is 4.99 Å². The van der Waals surface area contributed by atoms with E-state index in [9.17, 15) is 4.79 Å². The van der Waals surface area contributed by atoms with Crippen molar-refractivity contribution < 1.29 is 4.79 Å². The first kappa shape index (κ1) is 12.7. The van der Waals surface area contributed by atoms with Crippen LogP contribution in [-0.2, 0) is 4.79 Å². The van der Waals surface area contributed by atoms with E-state index in [0.29, 0.717) is 0 Å². The Morgan fingerprint density at radius 2 is 2.06 bits per heavy atom. The van der Waals surface area contributed by atoms with E-state index in [1.165, 1.54) is 29.1 Å². The molecule has 0 N–H and O–H groups in total. The van der Waals surface area contributed by atoms with Crippen molar-refractivity contribution in [2.24, 2.45) is 4.99 Å². The van der Waals surface area contributed by atoms with Crippen LogP contribution in [-0.4, -0.2) is 17.6 Å². The summed E-state index contributed by atoms with van der Waals surface area (Å²) >= 11 is 5.44. The Morgan fingerprint density at radius 3 is 2.67 bits per heavy atom. The summed E-state index contributed by atoms with van der Waals surface area (Å²) in [5, 5.41) is 0. The van der Waals surface area contributed by atoms with Crippen molar-refractivity contribution in [2.45, 2.75) is 20.3 Å². The minimum absolute atomic E-state index is 0.756. The normalized spacial score (nSPS) is 17.1. The molecule has 1 aromatic carbocycles. The van der Waals surface area contributed by atoms with Gasteiger partial charge in [0.2, 0.25) is 6.08 Å². The summed E-state index contributed by atoms with van der Waals surface area (Å²) in [7, 11) is 0. The monoisotopic (exact) mass is 258 g/mol. The number of hydrogen-bond donors (Lipinski definition) is 0. The molecule has 0 saturated carbocycles. The number of nitrogens with zero attached hydrogens (tertiary/aromatic N) is 2. The van der Waals surface area contributed by atoms with Gasteiger partial charge >= 0.3 is 0 Å². The third-order valence-corrected chi connectivity index (χ3v) is 3.59. The molecule has 3 nitrogen and oxygen atoms in total. The van der Waals surface area contributed by atoms with Crippen molar-refractivity contribution >= 4 is 29.0 Å². The number of hydrogen-bond acceptors (Lipinski definition) is 3. The molecule has 18 heavy (non-hydrogen) atoms. The molecule has 0 amide bonds. The van der Waals surface area contributed by atoms with Gasteiger partial charge in [-0.1, -0.05) is 30.4 Å². The highest BCUT2D eigenvalue weighted by molar-refractivity contribution is 7.81. The maximum absolute atomic E-state index is 10.1. The quantitative estimate of drug-likeness (QED) is 0.354. The molecule has 4 heteroatoms. The Morgan fingerprint density at radius 1 is 1.39 bits per heavy atom. The van der Waals surface area contributed by atoms with Crippen LogP contribution in [0.1, 0.15) is 17.5 Å². The van der Waals surface area contributed by atoms with Gasteiger partial charge in [0.25, 0.3) is 0 Å². The number of anilines is 1. The summed E-state index contributed by atoms with van der Waals surface area (Å²) in [5.74, 6) is 0. The molecule has 0 aromatic heterocycles. The number of para-hydroxylation sites is 1. The van der Waals surface area contributed by atoms with Crippen molar-refractivity contribution in [3.63, 3.8) is 0 Å². The van der Waals surface area contributed by atoms with Crippen LogP contribution in [0.5, 0.6) is 0 Å². The van der Waals surface area contributed by atoms with Gasteiger partial charge in [0.15, 0.2) is 0 Å². The molecule has 1 saturated heterocycles. The van der Waals surface area contributed by atoms with Crippen LogP contribution in [0.2, 0.25) is 0 Å². The van der Waals surface area contributed by atoms with Gasteiger partial charge < -0.3 is 4.90 Å². The SMILES string of the molecule is Cc1cccc(C)c1N1CCC(=CN=C=O)C1=S. The van der Waals surface area contributed by atoms with Crippen molar-refractivity contribution in [3.05, 3.63) is 41.1 Å². The fourth-order valence-electron chi connectivity index (χ4n) is 2.28. The van der Waals surface area contributed by atoms with E-state index in [2.05, 4.69) is 35.9 Å². The summed E-state index contributed by atoms with van der Waals surface area (Å²) in [5.41, 5.74) is 4.51. The number of rotatable bonds is 2. The summed E-state index contributed by atoms with van der Waals surface area (Å²) in [6.45, 7) is 5.00. The summed E-state index contributed by atoms with van der Waals surface area (Å²) in [6, 6.07) is 6.20. The van der Waals surface area contributed by atoms with Crippen molar-refractivity contribution in [3.8, 4) is 0 Å². The highest BCUT2D eigenvalue weighted by Gasteiger charge is 2.25. The van der Waals surface area contributed by atoms with Gasteiger partial charge in [0, 0.05) is 24.0 Å². The lowest BCUT2D eigenvalue weighted by molar-refractivity contribution is 0.565. The number of aliphatic imine (C=N–C) groups is 1. The first-order valence-corrected chi connectivity index (χ1v) is 6.20. The Bertz CT molecular complexity index is 551. The molecule has 1 aliphatic heterocycles. The second kappa shape index (κ2) is 5.25. The van der Waals surface area contributed by atoms with Crippen molar-refractivity contribution in [1.29, 1.82) is 0 Å². The van der Waals surface area contributed by atoms with Gasteiger partial charge in [-0.25, -0.2) is 4.79 Å². The maximum atomic E-state index is 10.1. The third-order valence-electron chi connectivity index (χ3n) is 3.11. The molecular formula is C14H14N2OS. The first-order valence-electron chi connectivity index (χ1n) is 5.79. The Hall–Kier alpha value is -1.77. The van der Waals surface area contributed by atoms with Crippen LogP contribution >= 0.6 is 12.2 Å². The maximum Gasteiger partial charge on any atom is 0.239 e. The second-order valence-corrected chi connectivity index (χ2v) is 4.71. The fraction of sp³-hybridized carbons (Fsp3) is 0.286. The van der Waals surface area contributed by atoms with Crippen LogP contribution < -0.4 is 4.90 Å². The lowest BCUT2D eigenvalue weighted by Gasteiger charge is -2.22. The van der Waals surface area contributed by atoms with E-state index >= 15 is 0 Å². The van der Waals surface area contributed by atoms with Crippen LogP contribution in [0.3, 0.4) is 0 Å². The molecule has 0 radical (unpaired) electrons. The van der Waals surface area contributed by atoms with Gasteiger partial charge in [-0.3, -0.25) is 0 Å². The minimum atomic E-state index is 0.756. The number of isocyanates is 1. The van der Waals surface area contributed by atoms with E-state index < -0.39 is 0 Å². The lowest BCUT2D eigenvalue weighted by atomic mass is 10.1. The largest absolute Gasteiger partial charge is 0.332 e. The van der Waals surface area contributed by atoms with E-state index in [1.807, 2.05) is 6.07 Å². The van der Waals surface area contributed by atoms with Gasteiger partial charge in [0.05, 0.1) is 0 Å². The second-order valence-electron chi connectivity index (χ2n) is 4.32. The molecule has 92 valence electrons. The third kappa shape index (κ3) is 2.26.